The van der Waals surface area contributed by atoms with Gasteiger partial charge in [0.05, 0.1) is 5.56 Å². The number of nitrogens with zero attached hydrogens (tertiary/aromatic N) is 2. The predicted octanol–water partition coefficient (Wildman–Crippen LogP) is 2.66. The fourth-order valence-corrected chi connectivity index (χ4v) is 1.69. The van der Waals surface area contributed by atoms with Crippen LogP contribution in [0.15, 0.2) is 42.6 Å². The van der Waals surface area contributed by atoms with E-state index >= 15 is 0 Å². The van der Waals surface area contributed by atoms with Crippen LogP contribution in [0.5, 0.6) is 0 Å². The predicted molar refractivity (Wildman–Crippen MR) is 72.3 cm³/mol. The lowest BCUT2D eigenvalue weighted by Crippen LogP contribution is -2.13. The van der Waals surface area contributed by atoms with Gasteiger partial charge in [0.1, 0.15) is 17.7 Å². The van der Waals surface area contributed by atoms with Gasteiger partial charge in [-0.05, 0) is 30.2 Å². The zero-order valence-corrected chi connectivity index (χ0v) is 10.6. The average molecular weight is 269 g/mol. The Morgan fingerprint density at radius 1 is 1.30 bits per heavy atom. The van der Waals surface area contributed by atoms with E-state index in [0.717, 1.165) is 0 Å². The molecule has 0 saturated heterocycles. The van der Waals surface area contributed by atoms with Crippen LogP contribution < -0.4 is 5.32 Å². The normalized spacial score (nSPS) is 9.80. The molecule has 4 nitrogen and oxygen atoms in total. The van der Waals surface area contributed by atoms with Crippen molar-refractivity contribution in [3.05, 3.63) is 59.5 Å². The second kappa shape index (κ2) is 6.43. The minimum atomic E-state index is -0.309. The molecule has 1 aromatic carbocycles. The summed E-state index contributed by atoms with van der Waals surface area (Å²) < 4.78 is 13.4. The Balaban J connectivity index is 1.89. The van der Waals surface area contributed by atoms with Gasteiger partial charge in [-0.15, -0.1) is 0 Å². The van der Waals surface area contributed by atoms with Gasteiger partial charge in [0.25, 0.3) is 0 Å². The minimum Gasteiger partial charge on any atom is -0.311 e. The molecule has 20 heavy (non-hydrogen) atoms. The molecule has 0 radical (unpaired) electrons. The molecule has 1 amide bonds. The van der Waals surface area contributed by atoms with Gasteiger partial charge in [0.2, 0.25) is 5.91 Å². The van der Waals surface area contributed by atoms with E-state index in [4.69, 9.17) is 5.26 Å². The summed E-state index contributed by atoms with van der Waals surface area (Å²) in [6, 6.07) is 11.4. The molecule has 1 N–H and O–H groups in total. The van der Waals surface area contributed by atoms with Crippen LogP contribution >= 0.6 is 0 Å². The van der Waals surface area contributed by atoms with E-state index in [-0.39, 0.29) is 18.1 Å². The fourth-order valence-electron chi connectivity index (χ4n) is 1.69. The number of pyridine rings is 1. The number of nitriles is 1. The highest BCUT2D eigenvalue weighted by molar-refractivity contribution is 5.89. The summed E-state index contributed by atoms with van der Waals surface area (Å²) in [6.45, 7) is 0. The van der Waals surface area contributed by atoms with Crippen LogP contribution in [0.2, 0.25) is 0 Å². The zero-order valence-electron chi connectivity index (χ0n) is 10.6. The summed E-state index contributed by atoms with van der Waals surface area (Å²) >= 11 is 0. The first kappa shape index (κ1) is 13.7. The molecule has 100 valence electrons. The van der Waals surface area contributed by atoms with Gasteiger partial charge in [-0.2, -0.15) is 5.26 Å². The van der Waals surface area contributed by atoms with E-state index in [1.807, 2.05) is 6.07 Å². The number of hydrogen-bond acceptors (Lipinski definition) is 3. The SMILES string of the molecule is N#Cc1ccc(NC(=O)CCc2ccccc2F)nc1. The maximum absolute atomic E-state index is 13.4. The number of rotatable bonds is 4. The minimum absolute atomic E-state index is 0.169. The summed E-state index contributed by atoms with van der Waals surface area (Å²) in [5.41, 5.74) is 0.935. The van der Waals surface area contributed by atoms with E-state index in [1.165, 1.54) is 12.3 Å². The first-order chi connectivity index (χ1) is 9.69. The van der Waals surface area contributed by atoms with Gasteiger partial charge < -0.3 is 5.32 Å². The van der Waals surface area contributed by atoms with Gasteiger partial charge in [0, 0.05) is 12.6 Å². The van der Waals surface area contributed by atoms with Crippen LogP contribution in [0.4, 0.5) is 10.2 Å². The molecule has 0 aliphatic carbocycles. The summed E-state index contributed by atoms with van der Waals surface area (Å²) in [6.07, 6.45) is 1.88. The Bertz CT molecular complexity index is 647. The summed E-state index contributed by atoms with van der Waals surface area (Å²) in [7, 11) is 0. The second-order valence-electron chi connectivity index (χ2n) is 4.18. The second-order valence-corrected chi connectivity index (χ2v) is 4.18. The molecule has 0 bridgehead atoms. The number of aromatic nitrogens is 1. The largest absolute Gasteiger partial charge is 0.311 e. The molecule has 1 heterocycles. The molecule has 0 spiro atoms. The van der Waals surface area contributed by atoms with Crippen molar-refractivity contribution in [2.45, 2.75) is 12.8 Å². The third kappa shape index (κ3) is 3.62. The van der Waals surface area contributed by atoms with Crippen molar-refractivity contribution in [2.75, 3.05) is 5.32 Å². The van der Waals surface area contributed by atoms with Crippen LogP contribution in [-0.4, -0.2) is 10.9 Å². The third-order valence-electron chi connectivity index (χ3n) is 2.74. The Kier molecular flexibility index (Phi) is 4.40. The fraction of sp³-hybridized carbons (Fsp3) is 0.133. The number of benzene rings is 1. The Labute approximate surface area is 115 Å². The van der Waals surface area contributed by atoms with E-state index in [1.54, 1.807) is 30.3 Å². The van der Waals surface area contributed by atoms with Crippen LogP contribution in [0.1, 0.15) is 17.5 Å². The van der Waals surface area contributed by atoms with Crippen LogP contribution in [0.25, 0.3) is 0 Å². The Morgan fingerprint density at radius 3 is 2.75 bits per heavy atom. The number of hydrogen-bond donors (Lipinski definition) is 1. The van der Waals surface area contributed by atoms with E-state index in [2.05, 4.69) is 10.3 Å². The average Bonchev–Trinajstić information content (AvgIpc) is 2.47. The smallest absolute Gasteiger partial charge is 0.225 e. The zero-order chi connectivity index (χ0) is 14.4. The lowest BCUT2D eigenvalue weighted by atomic mass is 10.1. The molecule has 0 aliphatic rings. The van der Waals surface area contributed by atoms with Crippen molar-refractivity contribution < 1.29 is 9.18 Å². The molecule has 2 aromatic rings. The van der Waals surface area contributed by atoms with Gasteiger partial charge in [-0.3, -0.25) is 4.79 Å². The van der Waals surface area contributed by atoms with E-state index < -0.39 is 0 Å². The van der Waals surface area contributed by atoms with Crippen molar-refractivity contribution >= 4 is 11.7 Å². The maximum atomic E-state index is 13.4. The third-order valence-corrected chi connectivity index (χ3v) is 2.74. The van der Waals surface area contributed by atoms with Gasteiger partial charge in [-0.1, -0.05) is 18.2 Å². The molecular formula is C15H12FN3O. The first-order valence-corrected chi connectivity index (χ1v) is 6.08. The van der Waals surface area contributed by atoms with Crippen LogP contribution in [0, 0.1) is 17.1 Å². The van der Waals surface area contributed by atoms with Crippen molar-refractivity contribution in [1.29, 1.82) is 5.26 Å². The summed E-state index contributed by atoms with van der Waals surface area (Å²) in [5.74, 6) is -0.176. The molecule has 0 aliphatic heterocycles. The lowest BCUT2D eigenvalue weighted by Gasteiger charge is -2.05. The van der Waals surface area contributed by atoms with Crippen molar-refractivity contribution in [2.24, 2.45) is 0 Å². The standard InChI is InChI=1S/C15H12FN3O/c16-13-4-2-1-3-12(13)6-8-15(20)19-14-7-5-11(9-17)10-18-14/h1-5,7,10H,6,8H2,(H,18,19,20). The molecule has 2 rings (SSSR count). The van der Waals surface area contributed by atoms with Crippen molar-refractivity contribution in [3.8, 4) is 6.07 Å². The van der Waals surface area contributed by atoms with Crippen molar-refractivity contribution in [3.63, 3.8) is 0 Å². The monoisotopic (exact) mass is 269 g/mol. The topological polar surface area (TPSA) is 65.8 Å². The summed E-state index contributed by atoms with van der Waals surface area (Å²) in [4.78, 5) is 15.6. The van der Waals surface area contributed by atoms with Crippen LogP contribution in [0.3, 0.4) is 0 Å². The number of amides is 1. The first-order valence-electron chi connectivity index (χ1n) is 6.08. The number of halogens is 1. The molecule has 0 saturated carbocycles. The number of carbonyl (C=O) groups is 1. The molecular weight excluding hydrogens is 257 g/mol. The number of nitrogens with one attached hydrogen (secondary N) is 1. The van der Waals surface area contributed by atoms with Crippen molar-refractivity contribution in [1.82, 2.24) is 4.98 Å². The maximum Gasteiger partial charge on any atom is 0.225 e. The van der Waals surface area contributed by atoms with Gasteiger partial charge in [0.15, 0.2) is 0 Å². The lowest BCUT2D eigenvalue weighted by molar-refractivity contribution is -0.116. The van der Waals surface area contributed by atoms with Gasteiger partial charge in [-0.25, -0.2) is 9.37 Å². The molecule has 0 fully saturated rings. The van der Waals surface area contributed by atoms with Crippen LogP contribution in [-0.2, 0) is 11.2 Å². The van der Waals surface area contributed by atoms with E-state index in [0.29, 0.717) is 23.4 Å². The molecule has 5 heteroatoms. The quantitative estimate of drug-likeness (QED) is 0.928. The Hall–Kier alpha value is -2.74. The Morgan fingerprint density at radius 2 is 2.10 bits per heavy atom. The highest BCUT2D eigenvalue weighted by atomic mass is 19.1. The van der Waals surface area contributed by atoms with E-state index in [9.17, 15) is 9.18 Å². The number of carbonyl (C=O) groups excluding carboxylic acids is 1. The highest BCUT2D eigenvalue weighted by Crippen LogP contribution is 2.10. The number of aryl methyl sites for hydroxylation is 1. The molecule has 1 aromatic heterocycles. The highest BCUT2D eigenvalue weighted by Gasteiger charge is 2.06. The summed E-state index contributed by atoms with van der Waals surface area (Å²) in [5, 5.41) is 11.2. The molecule has 0 unspecified atom stereocenters. The molecule has 0 atom stereocenters. The van der Waals surface area contributed by atoms with Gasteiger partial charge >= 0.3 is 0 Å². The number of anilines is 1.